The number of rotatable bonds is 10. The number of hydrogen-bond acceptors (Lipinski definition) is 4. The maximum atomic E-state index is 11.7. The van der Waals surface area contributed by atoms with Gasteiger partial charge in [0.15, 0.2) is 0 Å². The van der Waals surface area contributed by atoms with E-state index < -0.39 is 5.97 Å². The summed E-state index contributed by atoms with van der Waals surface area (Å²) in [5.74, 6) is -0.701. The van der Waals surface area contributed by atoms with E-state index in [1.54, 1.807) is 11.3 Å². The highest BCUT2D eigenvalue weighted by atomic mass is 32.1. The molecule has 2 rings (SSSR count). The number of nitrogens with one attached hydrogen (secondary N) is 1. The first kappa shape index (κ1) is 17.4. The van der Waals surface area contributed by atoms with Crippen molar-refractivity contribution in [3.8, 4) is 0 Å². The Morgan fingerprint density at radius 2 is 1.91 bits per heavy atom. The molecule has 1 heterocycles. The van der Waals surface area contributed by atoms with Gasteiger partial charge in [-0.05, 0) is 37.8 Å². The summed E-state index contributed by atoms with van der Waals surface area (Å²) < 4.78 is 1.19. The summed E-state index contributed by atoms with van der Waals surface area (Å²) in [5.41, 5.74) is 1.03. The third kappa shape index (κ3) is 6.36. The van der Waals surface area contributed by atoms with E-state index in [1.165, 1.54) is 4.70 Å². The fraction of sp³-hybridized carbons (Fsp3) is 0.471. The van der Waals surface area contributed by atoms with Crippen LogP contribution in [-0.4, -0.2) is 28.5 Å². The fourth-order valence-electron chi connectivity index (χ4n) is 2.32. The van der Waals surface area contributed by atoms with Gasteiger partial charge in [0.25, 0.3) is 0 Å². The predicted octanol–water partition coefficient (Wildman–Crippen LogP) is 3.38. The van der Waals surface area contributed by atoms with Gasteiger partial charge in [-0.2, -0.15) is 0 Å². The Morgan fingerprint density at radius 3 is 2.70 bits per heavy atom. The van der Waals surface area contributed by atoms with E-state index in [4.69, 9.17) is 5.11 Å². The number of fused-ring (bicyclic) bond motifs is 1. The zero-order valence-corrected chi connectivity index (χ0v) is 13.9. The molecule has 6 heteroatoms. The van der Waals surface area contributed by atoms with E-state index in [1.807, 2.05) is 18.2 Å². The average molecular weight is 334 g/mol. The smallest absolute Gasteiger partial charge is 0.303 e. The number of aryl methyl sites for hydroxylation is 1. The van der Waals surface area contributed by atoms with Crippen molar-refractivity contribution in [2.24, 2.45) is 0 Å². The van der Waals surface area contributed by atoms with E-state index in [0.29, 0.717) is 19.4 Å². The molecule has 1 aromatic carbocycles. The first-order valence-electron chi connectivity index (χ1n) is 7.98. The molecule has 0 bridgehead atoms. The number of nitrogens with zero attached hydrogens (tertiary/aromatic N) is 1. The summed E-state index contributed by atoms with van der Waals surface area (Å²) in [6, 6.07) is 8.06. The van der Waals surface area contributed by atoms with Crippen LogP contribution < -0.4 is 5.32 Å². The molecule has 1 aromatic heterocycles. The van der Waals surface area contributed by atoms with E-state index in [-0.39, 0.29) is 12.3 Å². The Bertz CT molecular complexity index is 621. The molecule has 1 amide bonds. The minimum absolute atomic E-state index is 0.0596. The zero-order chi connectivity index (χ0) is 16.5. The van der Waals surface area contributed by atoms with Crippen molar-refractivity contribution in [1.82, 2.24) is 10.3 Å². The van der Waals surface area contributed by atoms with Crippen LogP contribution in [0.1, 0.15) is 43.5 Å². The number of thiazole rings is 1. The molecule has 0 saturated heterocycles. The Hall–Kier alpha value is -1.95. The van der Waals surface area contributed by atoms with Crippen LogP contribution in [0.25, 0.3) is 10.2 Å². The van der Waals surface area contributed by atoms with Gasteiger partial charge >= 0.3 is 5.97 Å². The van der Waals surface area contributed by atoms with Crippen LogP contribution in [0, 0.1) is 0 Å². The molecule has 0 atom stereocenters. The quantitative estimate of drug-likeness (QED) is 0.653. The van der Waals surface area contributed by atoms with Crippen molar-refractivity contribution >= 4 is 33.4 Å². The van der Waals surface area contributed by atoms with Crippen molar-refractivity contribution in [3.63, 3.8) is 0 Å². The number of benzene rings is 1. The van der Waals surface area contributed by atoms with E-state index in [9.17, 15) is 9.59 Å². The summed E-state index contributed by atoms with van der Waals surface area (Å²) in [5, 5.41) is 12.5. The van der Waals surface area contributed by atoms with Crippen molar-refractivity contribution in [2.75, 3.05) is 6.54 Å². The van der Waals surface area contributed by atoms with Gasteiger partial charge in [-0.25, -0.2) is 4.98 Å². The summed E-state index contributed by atoms with van der Waals surface area (Å²) in [6.45, 7) is 0.625. The van der Waals surface area contributed by atoms with Crippen LogP contribution in [0.15, 0.2) is 24.3 Å². The second-order valence-corrected chi connectivity index (χ2v) is 6.60. The normalized spacial score (nSPS) is 10.8. The van der Waals surface area contributed by atoms with Gasteiger partial charge < -0.3 is 10.4 Å². The molecular weight excluding hydrogens is 312 g/mol. The van der Waals surface area contributed by atoms with Gasteiger partial charge in [0.2, 0.25) is 5.91 Å². The summed E-state index contributed by atoms with van der Waals surface area (Å²) in [7, 11) is 0. The number of carboxylic acids is 1. The molecule has 0 unspecified atom stereocenters. The first-order chi connectivity index (χ1) is 11.1. The molecule has 0 aliphatic heterocycles. The van der Waals surface area contributed by atoms with Crippen LogP contribution in [0.2, 0.25) is 0 Å². The molecule has 2 aromatic rings. The van der Waals surface area contributed by atoms with Gasteiger partial charge in [0, 0.05) is 19.4 Å². The van der Waals surface area contributed by atoms with Crippen LogP contribution in [-0.2, 0) is 16.0 Å². The molecule has 0 aliphatic carbocycles. The SMILES string of the molecule is O=C(O)CCCCCNC(=O)CCCc1nc2ccccc2s1. The van der Waals surface area contributed by atoms with Crippen molar-refractivity contribution in [1.29, 1.82) is 0 Å². The number of para-hydroxylation sites is 1. The Kier molecular flexibility index (Phi) is 7.00. The Balaban J connectivity index is 1.57. The molecule has 5 nitrogen and oxygen atoms in total. The van der Waals surface area contributed by atoms with Gasteiger partial charge in [-0.3, -0.25) is 9.59 Å². The lowest BCUT2D eigenvalue weighted by Crippen LogP contribution is -2.24. The fourth-order valence-corrected chi connectivity index (χ4v) is 3.33. The third-order valence-corrected chi connectivity index (χ3v) is 4.62. The maximum Gasteiger partial charge on any atom is 0.303 e. The van der Waals surface area contributed by atoms with Gasteiger partial charge in [-0.1, -0.05) is 18.6 Å². The number of carboxylic acid groups (broad SMARTS) is 1. The summed E-state index contributed by atoms with van der Waals surface area (Å²) in [6.07, 6.45) is 4.66. The van der Waals surface area contributed by atoms with Crippen LogP contribution in [0.5, 0.6) is 0 Å². The van der Waals surface area contributed by atoms with E-state index in [2.05, 4.69) is 16.4 Å². The monoisotopic (exact) mass is 334 g/mol. The largest absolute Gasteiger partial charge is 0.481 e. The molecular formula is C17H22N2O3S. The second-order valence-electron chi connectivity index (χ2n) is 5.48. The Morgan fingerprint density at radius 1 is 1.09 bits per heavy atom. The lowest BCUT2D eigenvalue weighted by atomic mass is 10.2. The van der Waals surface area contributed by atoms with Crippen LogP contribution >= 0.6 is 11.3 Å². The second kappa shape index (κ2) is 9.25. The van der Waals surface area contributed by atoms with Crippen molar-refractivity contribution in [3.05, 3.63) is 29.3 Å². The number of amides is 1. The number of aliphatic carboxylic acids is 1. The highest BCUT2D eigenvalue weighted by Crippen LogP contribution is 2.22. The van der Waals surface area contributed by atoms with Gasteiger partial charge in [0.05, 0.1) is 15.2 Å². The van der Waals surface area contributed by atoms with Gasteiger partial charge in [-0.15, -0.1) is 11.3 Å². The van der Waals surface area contributed by atoms with Crippen LogP contribution in [0.3, 0.4) is 0 Å². The third-order valence-electron chi connectivity index (χ3n) is 3.52. The first-order valence-corrected chi connectivity index (χ1v) is 8.80. The summed E-state index contributed by atoms with van der Waals surface area (Å²) in [4.78, 5) is 26.6. The molecule has 124 valence electrons. The van der Waals surface area contributed by atoms with Gasteiger partial charge in [0.1, 0.15) is 0 Å². The lowest BCUT2D eigenvalue weighted by molar-refractivity contribution is -0.137. The number of carbonyl (C=O) groups is 2. The number of hydrogen-bond donors (Lipinski definition) is 2. The zero-order valence-electron chi connectivity index (χ0n) is 13.1. The van der Waals surface area contributed by atoms with Crippen molar-refractivity contribution in [2.45, 2.75) is 44.9 Å². The molecule has 0 fully saturated rings. The van der Waals surface area contributed by atoms with Crippen molar-refractivity contribution < 1.29 is 14.7 Å². The highest BCUT2D eigenvalue weighted by molar-refractivity contribution is 7.18. The Labute approximate surface area is 139 Å². The molecule has 0 aliphatic rings. The molecule has 0 spiro atoms. The minimum Gasteiger partial charge on any atom is -0.481 e. The molecule has 23 heavy (non-hydrogen) atoms. The van der Waals surface area contributed by atoms with E-state index in [0.717, 1.165) is 36.2 Å². The number of aromatic nitrogens is 1. The van der Waals surface area contributed by atoms with E-state index >= 15 is 0 Å². The summed E-state index contributed by atoms with van der Waals surface area (Å²) >= 11 is 1.69. The average Bonchev–Trinajstić information content (AvgIpc) is 2.93. The lowest BCUT2D eigenvalue weighted by Gasteiger charge is -2.04. The molecule has 0 radical (unpaired) electrons. The minimum atomic E-state index is -0.760. The predicted molar refractivity (Wildman–Crippen MR) is 91.7 cm³/mol. The number of carbonyl (C=O) groups excluding carboxylic acids is 1. The van der Waals surface area contributed by atoms with Crippen LogP contribution in [0.4, 0.5) is 0 Å². The molecule has 0 saturated carbocycles. The molecule has 2 N–H and O–H groups in total. The highest BCUT2D eigenvalue weighted by Gasteiger charge is 2.05. The topological polar surface area (TPSA) is 79.3 Å². The number of unbranched alkanes of at least 4 members (excludes halogenated alkanes) is 2. The standard InChI is InChI=1S/C17H22N2O3S/c20-15(18-12-5-1-2-11-17(21)22)9-6-10-16-19-13-7-3-4-8-14(13)23-16/h3-4,7-8H,1-2,5-6,9-12H2,(H,18,20)(H,21,22). The maximum absolute atomic E-state index is 11.7.